The fourth-order valence-corrected chi connectivity index (χ4v) is 3.51. The second kappa shape index (κ2) is 7.24. The summed E-state index contributed by atoms with van der Waals surface area (Å²) in [5.74, 6) is 1.05. The Morgan fingerprint density at radius 1 is 1.04 bits per heavy atom. The van der Waals surface area contributed by atoms with Crippen LogP contribution in [0.5, 0.6) is 5.75 Å². The van der Waals surface area contributed by atoms with E-state index in [1.54, 1.807) is 60.3 Å². The second-order valence-corrected chi connectivity index (χ2v) is 6.71. The third-order valence-corrected chi connectivity index (χ3v) is 5.09. The van der Waals surface area contributed by atoms with Crippen molar-refractivity contribution in [3.63, 3.8) is 0 Å². The number of hydrogen-bond acceptors (Lipinski definition) is 5. The van der Waals surface area contributed by atoms with Gasteiger partial charge in [0.25, 0.3) is 0 Å². The van der Waals surface area contributed by atoms with Gasteiger partial charge in [-0.25, -0.2) is 4.39 Å². The minimum absolute atomic E-state index is 0.245. The first-order valence-corrected chi connectivity index (χ1v) is 9.12. The Labute approximate surface area is 158 Å². The maximum absolute atomic E-state index is 13.0. The number of halogens is 1. The van der Waals surface area contributed by atoms with E-state index < -0.39 is 0 Å². The highest BCUT2D eigenvalue weighted by Gasteiger charge is 2.12. The summed E-state index contributed by atoms with van der Waals surface area (Å²) >= 11 is 1.43. The standard InChI is InChI=1S/C19H15FN4O2S/c1-26-16-8-6-15(7-9-16)23-10-11-24-17(18(23)25)21-22-19(24)27-12-13-2-4-14(20)5-3-13/h2-11H,12H2,1H3. The van der Waals surface area contributed by atoms with Crippen LogP contribution in [-0.2, 0) is 5.75 Å². The maximum Gasteiger partial charge on any atom is 0.300 e. The Balaban J connectivity index is 1.62. The number of methoxy groups -OCH3 is 1. The van der Waals surface area contributed by atoms with Crippen molar-refractivity contribution in [2.24, 2.45) is 0 Å². The van der Waals surface area contributed by atoms with Gasteiger partial charge in [-0.1, -0.05) is 23.9 Å². The van der Waals surface area contributed by atoms with Gasteiger partial charge < -0.3 is 4.74 Å². The van der Waals surface area contributed by atoms with Crippen molar-refractivity contribution in [3.8, 4) is 11.4 Å². The molecular formula is C19H15FN4O2S. The Kier molecular flexibility index (Phi) is 4.64. The molecule has 6 nitrogen and oxygen atoms in total. The van der Waals surface area contributed by atoms with Crippen molar-refractivity contribution >= 4 is 17.4 Å². The van der Waals surface area contributed by atoms with E-state index >= 15 is 0 Å². The van der Waals surface area contributed by atoms with Crippen molar-refractivity contribution in [1.82, 2.24) is 19.2 Å². The van der Waals surface area contributed by atoms with Crippen LogP contribution in [0.1, 0.15) is 5.56 Å². The number of aromatic nitrogens is 4. The van der Waals surface area contributed by atoms with Gasteiger partial charge in [0.1, 0.15) is 11.6 Å². The molecule has 0 atom stereocenters. The van der Waals surface area contributed by atoms with Crippen molar-refractivity contribution in [2.45, 2.75) is 10.9 Å². The van der Waals surface area contributed by atoms with Gasteiger partial charge in [-0.05, 0) is 42.0 Å². The fraction of sp³-hybridized carbons (Fsp3) is 0.105. The maximum atomic E-state index is 13.0. The summed E-state index contributed by atoms with van der Waals surface area (Å²) in [7, 11) is 1.59. The fourth-order valence-electron chi connectivity index (χ4n) is 2.64. The molecular weight excluding hydrogens is 367 g/mol. The lowest BCUT2D eigenvalue weighted by Gasteiger charge is -2.07. The van der Waals surface area contributed by atoms with E-state index in [2.05, 4.69) is 10.2 Å². The quantitative estimate of drug-likeness (QED) is 0.496. The van der Waals surface area contributed by atoms with E-state index in [4.69, 9.17) is 4.74 Å². The Morgan fingerprint density at radius 3 is 2.48 bits per heavy atom. The molecule has 0 saturated heterocycles. The highest BCUT2D eigenvalue weighted by Crippen LogP contribution is 2.21. The lowest BCUT2D eigenvalue weighted by molar-refractivity contribution is 0.414. The number of thioether (sulfide) groups is 1. The van der Waals surface area contributed by atoms with Crippen molar-refractivity contribution in [1.29, 1.82) is 0 Å². The molecule has 0 aliphatic rings. The summed E-state index contributed by atoms with van der Waals surface area (Å²) in [6, 6.07) is 13.5. The summed E-state index contributed by atoms with van der Waals surface area (Å²) in [4.78, 5) is 12.8. The van der Waals surface area contributed by atoms with Crippen molar-refractivity contribution in [3.05, 3.63) is 82.7 Å². The smallest absolute Gasteiger partial charge is 0.300 e. The van der Waals surface area contributed by atoms with Crippen LogP contribution in [0, 0.1) is 5.82 Å². The van der Waals surface area contributed by atoms with Crippen LogP contribution >= 0.6 is 11.8 Å². The molecule has 2 aromatic heterocycles. The van der Waals surface area contributed by atoms with Crippen LogP contribution in [0.25, 0.3) is 11.3 Å². The molecule has 4 aromatic rings. The first-order valence-electron chi connectivity index (χ1n) is 8.14. The van der Waals surface area contributed by atoms with Crippen LogP contribution < -0.4 is 10.3 Å². The molecule has 0 fully saturated rings. The molecule has 27 heavy (non-hydrogen) atoms. The number of nitrogens with zero attached hydrogens (tertiary/aromatic N) is 4. The molecule has 0 unspecified atom stereocenters. The van der Waals surface area contributed by atoms with Crippen LogP contribution in [0.4, 0.5) is 4.39 Å². The van der Waals surface area contributed by atoms with E-state index in [-0.39, 0.29) is 17.0 Å². The van der Waals surface area contributed by atoms with Gasteiger partial charge in [0.2, 0.25) is 5.65 Å². The molecule has 0 N–H and O–H groups in total. The molecule has 0 aliphatic carbocycles. The van der Waals surface area contributed by atoms with Gasteiger partial charge in [0.15, 0.2) is 5.16 Å². The molecule has 2 aromatic carbocycles. The van der Waals surface area contributed by atoms with E-state index in [0.29, 0.717) is 16.6 Å². The topological polar surface area (TPSA) is 61.4 Å². The highest BCUT2D eigenvalue weighted by atomic mass is 32.2. The van der Waals surface area contributed by atoms with E-state index in [9.17, 15) is 9.18 Å². The summed E-state index contributed by atoms with van der Waals surface area (Å²) in [6.07, 6.45) is 3.44. The number of ether oxygens (including phenoxy) is 1. The summed E-state index contributed by atoms with van der Waals surface area (Å²) in [5, 5.41) is 8.76. The lowest BCUT2D eigenvalue weighted by atomic mass is 10.2. The summed E-state index contributed by atoms with van der Waals surface area (Å²) < 4.78 is 21.3. The highest BCUT2D eigenvalue weighted by molar-refractivity contribution is 7.98. The zero-order valence-corrected chi connectivity index (χ0v) is 15.2. The molecule has 0 aliphatic heterocycles. The van der Waals surface area contributed by atoms with Crippen molar-refractivity contribution < 1.29 is 9.13 Å². The average Bonchev–Trinajstić information content (AvgIpc) is 3.12. The van der Waals surface area contributed by atoms with Crippen molar-refractivity contribution in [2.75, 3.05) is 7.11 Å². The van der Waals surface area contributed by atoms with Crippen LogP contribution in [0.3, 0.4) is 0 Å². The van der Waals surface area contributed by atoms with Crippen LogP contribution in [0.15, 0.2) is 70.9 Å². The molecule has 0 amide bonds. The predicted molar refractivity (Wildman–Crippen MR) is 101 cm³/mol. The third kappa shape index (κ3) is 3.43. The monoisotopic (exact) mass is 382 g/mol. The van der Waals surface area contributed by atoms with Crippen LogP contribution in [-0.4, -0.2) is 26.3 Å². The van der Waals surface area contributed by atoms with Gasteiger partial charge >= 0.3 is 5.56 Å². The van der Waals surface area contributed by atoms with Gasteiger partial charge in [0, 0.05) is 23.8 Å². The SMILES string of the molecule is COc1ccc(-n2ccn3c(SCc4ccc(F)cc4)nnc3c2=O)cc1. The van der Waals surface area contributed by atoms with Crippen LogP contribution in [0.2, 0.25) is 0 Å². The van der Waals surface area contributed by atoms with Gasteiger partial charge in [-0.3, -0.25) is 13.8 Å². The Hall–Kier alpha value is -3.13. The number of fused-ring (bicyclic) bond motifs is 1. The molecule has 0 saturated carbocycles. The van der Waals surface area contributed by atoms with E-state index in [0.717, 1.165) is 11.3 Å². The molecule has 136 valence electrons. The summed E-state index contributed by atoms with van der Waals surface area (Å²) in [5.41, 5.74) is 1.66. The van der Waals surface area contributed by atoms with Gasteiger partial charge in [-0.15, -0.1) is 10.2 Å². The summed E-state index contributed by atoms with van der Waals surface area (Å²) in [6.45, 7) is 0. The lowest BCUT2D eigenvalue weighted by Crippen LogP contribution is -2.20. The first kappa shape index (κ1) is 17.3. The predicted octanol–water partition coefficient (Wildman–Crippen LogP) is 3.32. The average molecular weight is 382 g/mol. The third-order valence-electron chi connectivity index (χ3n) is 4.07. The molecule has 0 radical (unpaired) electrons. The number of benzene rings is 2. The molecule has 4 rings (SSSR count). The largest absolute Gasteiger partial charge is 0.497 e. The number of hydrogen-bond donors (Lipinski definition) is 0. The van der Waals surface area contributed by atoms with Gasteiger partial charge in [-0.2, -0.15) is 0 Å². The minimum Gasteiger partial charge on any atom is -0.497 e. The molecule has 8 heteroatoms. The molecule has 0 spiro atoms. The number of rotatable bonds is 5. The zero-order valence-electron chi connectivity index (χ0n) is 14.4. The Bertz CT molecular complexity index is 1140. The minimum atomic E-state index is -0.268. The molecule has 0 bridgehead atoms. The molecule has 2 heterocycles. The zero-order chi connectivity index (χ0) is 18.8. The second-order valence-electron chi connectivity index (χ2n) is 5.76. The van der Waals surface area contributed by atoms with E-state index in [1.165, 1.54) is 28.5 Å². The Morgan fingerprint density at radius 2 is 1.78 bits per heavy atom. The van der Waals surface area contributed by atoms with Gasteiger partial charge in [0.05, 0.1) is 7.11 Å². The first-order chi connectivity index (χ1) is 13.2. The normalized spacial score (nSPS) is 11.0. The van der Waals surface area contributed by atoms with E-state index in [1.807, 2.05) is 0 Å².